The normalized spacial score (nSPS) is 31.5. The Bertz CT molecular complexity index is 404. The van der Waals surface area contributed by atoms with Gasteiger partial charge < -0.3 is 10.1 Å². The molecule has 2 aliphatic rings. The van der Waals surface area contributed by atoms with Crippen LogP contribution in [0.15, 0.2) is 24.3 Å². The van der Waals surface area contributed by atoms with E-state index >= 15 is 0 Å². The second kappa shape index (κ2) is 5.31. The highest BCUT2D eigenvalue weighted by atomic mass is 16.5. The third-order valence-corrected chi connectivity index (χ3v) is 4.36. The van der Waals surface area contributed by atoms with Crippen LogP contribution in [0, 0.1) is 0 Å². The molecule has 0 bridgehead atoms. The highest BCUT2D eigenvalue weighted by Crippen LogP contribution is 2.37. The fourth-order valence-electron chi connectivity index (χ4n) is 3.43. The van der Waals surface area contributed by atoms with Crippen molar-refractivity contribution in [2.45, 2.75) is 57.0 Å². The van der Waals surface area contributed by atoms with Gasteiger partial charge in [-0.3, -0.25) is 0 Å². The van der Waals surface area contributed by atoms with E-state index in [0.717, 1.165) is 12.4 Å². The molecule has 0 amide bonds. The zero-order valence-corrected chi connectivity index (χ0v) is 11.2. The smallest absolute Gasteiger partial charge is 0.122 e. The first-order valence-electron chi connectivity index (χ1n) is 7.30. The molecule has 2 aliphatic heterocycles. The maximum absolute atomic E-state index is 5.74. The van der Waals surface area contributed by atoms with Crippen molar-refractivity contribution in [2.24, 2.45) is 0 Å². The molecule has 1 saturated heterocycles. The number of fused-ring (bicyclic) bond motifs is 1. The lowest BCUT2D eigenvalue weighted by molar-refractivity contribution is 0.240. The van der Waals surface area contributed by atoms with E-state index in [0.29, 0.717) is 18.0 Å². The Kier molecular flexibility index (Phi) is 3.55. The van der Waals surface area contributed by atoms with Crippen LogP contribution >= 0.6 is 0 Å². The highest BCUT2D eigenvalue weighted by molar-refractivity contribution is 5.37. The summed E-state index contributed by atoms with van der Waals surface area (Å²) in [5.41, 5.74) is 1.42. The van der Waals surface area contributed by atoms with Gasteiger partial charge in [0.25, 0.3) is 0 Å². The summed E-state index contributed by atoms with van der Waals surface area (Å²) < 4.78 is 5.74. The van der Waals surface area contributed by atoms with Gasteiger partial charge in [0.2, 0.25) is 0 Å². The van der Waals surface area contributed by atoms with E-state index in [-0.39, 0.29) is 0 Å². The van der Waals surface area contributed by atoms with E-state index < -0.39 is 0 Å². The van der Waals surface area contributed by atoms with Crippen LogP contribution < -0.4 is 10.1 Å². The standard InChI is InChI=1S/C16H23NO/c1-12-5-4-6-14(17-12)11-13-9-10-18-16-8-3-2-7-15(13)16/h2-3,7-8,12-14,17H,4-6,9-11H2,1H3. The van der Waals surface area contributed by atoms with Gasteiger partial charge in [-0.05, 0) is 50.2 Å². The molecule has 2 heteroatoms. The van der Waals surface area contributed by atoms with Crippen molar-refractivity contribution in [3.63, 3.8) is 0 Å². The van der Waals surface area contributed by atoms with Gasteiger partial charge in [0, 0.05) is 12.1 Å². The van der Waals surface area contributed by atoms with Gasteiger partial charge in [0.15, 0.2) is 0 Å². The van der Waals surface area contributed by atoms with Crippen molar-refractivity contribution < 1.29 is 4.74 Å². The Morgan fingerprint density at radius 2 is 2.11 bits per heavy atom. The minimum Gasteiger partial charge on any atom is -0.493 e. The van der Waals surface area contributed by atoms with E-state index in [4.69, 9.17) is 4.74 Å². The number of piperidine rings is 1. The minimum atomic E-state index is 0.678. The van der Waals surface area contributed by atoms with Gasteiger partial charge in [-0.1, -0.05) is 24.6 Å². The molecule has 1 aromatic carbocycles. The fraction of sp³-hybridized carbons (Fsp3) is 0.625. The molecule has 2 heterocycles. The van der Waals surface area contributed by atoms with Gasteiger partial charge in [-0.15, -0.1) is 0 Å². The van der Waals surface area contributed by atoms with E-state index in [2.05, 4.69) is 36.5 Å². The second-order valence-electron chi connectivity index (χ2n) is 5.80. The first kappa shape index (κ1) is 12.0. The van der Waals surface area contributed by atoms with E-state index in [1.807, 2.05) is 0 Å². The summed E-state index contributed by atoms with van der Waals surface area (Å²) in [6, 6.07) is 9.95. The Balaban J connectivity index is 1.70. The maximum atomic E-state index is 5.74. The molecule has 0 spiro atoms. The van der Waals surface area contributed by atoms with Crippen LogP contribution in [0.5, 0.6) is 5.75 Å². The topological polar surface area (TPSA) is 21.3 Å². The van der Waals surface area contributed by atoms with Crippen LogP contribution in [0.3, 0.4) is 0 Å². The van der Waals surface area contributed by atoms with Crippen molar-refractivity contribution in [1.29, 1.82) is 0 Å². The van der Waals surface area contributed by atoms with Crippen LogP contribution in [0.25, 0.3) is 0 Å². The van der Waals surface area contributed by atoms with Crippen molar-refractivity contribution in [1.82, 2.24) is 5.32 Å². The first-order chi connectivity index (χ1) is 8.83. The Hall–Kier alpha value is -1.02. The summed E-state index contributed by atoms with van der Waals surface area (Å²) in [4.78, 5) is 0. The van der Waals surface area contributed by atoms with Crippen molar-refractivity contribution >= 4 is 0 Å². The quantitative estimate of drug-likeness (QED) is 0.861. The molecule has 1 N–H and O–H groups in total. The predicted octanol–water partition coefficient (Wildman–Crippen LogP) is 3.47. The number of hydrogen-bond acceptors (Lipinski definition) is 2. The molecular formula is C16H23NO. The largest absolute Gasteiger partial charge is 0.493 e. The lowest BCUT2D eigenvalue weighted by Crippen LogP contribution is -2.41. The van der Waals surface area contributed by atoms with E-state index in [1.165, 1.54) is 37.7 Å². The van der Waals surface area contributed by atoms with Gasteiger partial charge in [-0.2, -0.15) is 0 Å². The molecule has 1 fully saturated rings. The SMILES string of the molecule is CC1CCCC(CC2CCOc3ccccc32)N1. The number of benzene rings is 1. The number of hydrogen-bond donors (Lipinski definition) is 1. The Morgan fingerprint density at radius 3 is 3.00 bits per heavy atom. The molecule has 0 aromatic heterocycles. The third kappa shape index (κ3) is 2.54. The number of para-hydroxylation sites is 1. The molecular weight excluding hydrogens is 222 g/mol. The molecule has 0 aliphatic carbocycles. The summed E-state index contributed by atoms with van der Waals surface area (Å²) in [6.45, 7) is 3.19. The van der Waals surface area contributed by atoms with Gasteiger partial charge in [-0.25, -0.2) is 0 Å². The van der Waals surface area contributed by atoms with Crippen LogP contribution in [-0.4, -0.2) is 18.7 Å². The lowest BCUT2D eigenvalue weighted by Gasteiger charge is -2.33. The number of rotatable bonds is 2. The maximum Gasteiger partial charge on any atom is 0.122 e. The molecule has 0 saturated carbocycles. The zero-order chi connectivity index (χ0) is 12.4. The van der Waals surface area contributed by atoms with E-state index in [9.17, 15) is 0 Å². The predicted molar refractivity (Wildman–Crippen MR) is 74.1 cm³/mol. The van der Waals surface area contributed by atoms with Crippen molar-refractivity contribution in [3.05, 3.63) is 29.8 Å². The zero-order valence-electron chi connectivity index (χ0n) is 11.2. The second-order valence-corrected chi connectivity index (χ2v) is 5.80. The number of nitrogens with one attached hydrogen (secondary N) is 1. The summed E-state index contributed by atoms with van der Waals surface area (Å²) in [5.74, 6) is 1.79. The Labute approximate surface area is 110 Å². The van der Waals surface area contributed by atoms with Crippen LogP contribution in [0.2, 0.25) is 0 Å². The number of ether oxygens (including phenoxy) is 1. The molecule has 0 radical (unpaired) electrons. The van der Waals surface area contributed by atoms with Gasteiger partial charge >= 0.3 is 0 Å². The van der Waals surface area contributed by atoms with Gasteiger partial charge in [0.1, 0.15) is 5.75 Å². The minimum absolute atomic E-state index is 0.678. The molecule has 98 valence electrons. The summed E-state index contributed by atoms with van der Waals surface area (Å²) in [5, 5.41) is 3.75. The molecule has 3 unspecified atom stereocenters. The van der Waals surface area contributed by atoms with Crippen LogP contribution in [0.1, 0.15) is 50.5 Å². The molecule has 3 atom stereocenters. The molecule has 1 aromatic rings. The average molecular weight is 245 g/mol. The van der Waals surface area contributed by atoms with Crippen LogP contribution in [0.4, 0.5) is 0 Å². The molecule has 2 nitrogen and oxygen atoms in total. The monoisotopic (exact) mass is 245 g/mol. The van der Waals surface area contributed by atoms with Crippen molar-refractivity contribution in [3.8, 4) is 5.75 Å². The summed E-state index contributed by atoms with van der Waals surface area (Å²) >= 11 is 0. The average Bonchev–Trinajstić information content (AvgIpc) is 2.39. The molecule has 3 rings (SSSR count). The fourth-order valence-corrected chi connectivity index (χ4v) is 3.43. The summed E-state index contributed by atoms with van der Waals surface area (Å²) in [7, 11) is 0. The molecule has 18 heavy (non-hydrogen) atoms. The van der Waals surface area contributed by atoms with Crippen LogP contribution in [-0.2, 0) is 0 Å². The first-order valence-corrected chi connectivity index (χ1v) is 7.30. The van der Waals surface area contributed by atoms with Crippen molar-refractivity contribution in [2.75, 3.05) is 6.61 Å². The lowest BCUT2D eigenvalue weighted by atomic mass is 9.84. The summed E-state index contributed by atoms with van der Waals surface area (Å²) in [6.07, 6.45) is 6.49. The van der Waals surface area contributed by atoms with E-state index in [1.54, 1.807) is 0 Å². The third-order valence-electron chi connectivity index (χ3n) is 4.36. The highest BCUT2D eigenvalue weighted by Gasteiger charge is 2.26. The van der Waals surface area contributed by atoms with Gasteiger partial charge in [0.05, 0.1) is 6.61 Å². The Morgan fingerprint density at radius 1 is 1.22 bits per heavy atom.